The van der Waals surface area contributed by atoms with Gasteiger partial charge in [0.25, 0.3) is 0 Å². The molecule has 2 amide bonds. The molecule has 0 aliphatic carbocycles. The molecule has 1 atom stereocenters. The molecule has 2 N–H and O–H groups in total. The van der Waals surface area contributed by atoms with E-state index in [9.17, 15) is 4.79 Å². The molecule has 1 fully saturated rings. The van der Waals surface area contributed by atoms with Gasteiger partial charge in [-0.15, -0.1) is 11.8 Å². The van der Waals surface area contributed by atoms with Crippen molar-refractivity contribution in [3.63, 3.8) is 0 Å². The second-order valence-electron chi connectivity index (χ2n) is 5.54. The zero-order valence-electron chi connectivity index (χ0n) is 13.3. The maximum Gasteiger partial charge on any atom is 0.322 e. The highest BCUT2D eigenvalue weighted by molar-refractivity contribution is 7.99. The number of urea groups is 1. The molecule has 0 unspecified atom stereocenters. The van der Waals surface area contributed by atoms with Crippen LogP contribution in [-0.2, 0) is 0 Å². The summed E-state index contributed by atoms with van der Waals surface area (Å²) in [5.41, 5.74) is 0.883. The highest BCUT2D eigenvalue weighted by atomic mass is 32.2. The third-order valence-electron chi connectivity index (χ3n) is 4.03. The van der Waals surface area contributed by atoms with Gasteiger partial charge in [-0.2, -0.15) is 0 Å². The molecule has 3 rings (SSSR count). The number of hydrogen-bond acceptors (Lipinski definition) is 3. The van der Waals surface area contributed by atoms with Gasteiger partial charge in [-0.25, -0.2) is 9.78 Å². The Morgan fingerprint density at radius 3 is 3.09 bits per heavy atom. The predicted molar refractivity (Wildman–Crippen MR) is 93.7 cm³/mol. The van der Waals surface area contributed by atoms with Crippen LogP contribution in [0, 0.1) is 0 Å². The fraction of sp³-hybridized carbons (Fsp3) is 0.412. The van der Waals surface area contributed by atoms with Crippen molar-refractivity contribution in [3.05, 3.63) is 42.5 Å². The molecule has 0 spiro atoms. The Morgan fingerprint density at radius 2 is 2.30 bits per heavy atom. The molecule has 0 saturated carbocycles. The van der Waals surface area contributed by atoms with Crippen LogP contribution in [0.15, 0.2) is 41.6 Å². The van der Waals surface area contributed by atoms with Crippen molar-refractivity contribution in [2.75, 3.05) is 17.6 Å². The van der Waals surface area contributed by atoms with Gasteiger partial charge in [-0.1, -0.05) is 19.1 Å². The zero-order chi connectivity index (χ0) is 16.1. The highest BCUT2D eigenvalue weighted by Crippen LogP contribution is 2.31. The number of nitrogens with zero attached hydrogens (tertiary/aromatic N) is 2. The predicted octanol–water partition coefficient (Wildman–Crippen LogP) is 4.28. The van der Waals surface area contributed by atoms with Crippen molar-refractivity contribution < 1.29 is 4.79 Å². The second kappa shape index (κ2) is 7.55. The number of aromatic amines is 1. The fourth-order valence-corrected chi connectivity index (χ4v) is 3.72. The van der Waals surface area contributed by atoms with E-state index in [4.69, 9.17) is 0 Å². The number of hydrogen-bond donors (Lipinski definition) is 2. The molecule has 6 heteroatoms. The Morgan fingerprint density at radius 1 is 1.43 bits per heavy atom. The number of carbonyl (C=O) groups is 1. The third-order valence-corrected chi connectivity index (χ3v) is 4.98. The lowest BCUT2D eigenvalue weighted by atomic mass is 10.0. The topological polar surface area (TPSA) is 61.0 Å². The van der Waals surface area contributed by atoms with Crippen LogP contribution in [0.25, 0.3) is 0 Å². The van der Waals surface area contributed by atoms with Crippen molar-refractivity contribution in [1.82, 2.24) is 14.9 Å². The molecule has 1 aromatic heterocycles. The van der Waals surface area contributed by atoms with Crippen LogP contribution in [0.1, 0.15) is 38.1 Å². The second-order valence-corrected chi connectivity index (χ2v) is 6.84. The average molecular weight is 330 g/mol. The molecule has 23 heavy (non-hydrogen) atoms. The lowest BCUT2D eigenvalue weighted by Gasteiger charge is -2.34. The van der Waals surface area contributed by atoms with Gasteiger partial charge in [0.15, 0.2) is 0 Å². The van der Waals surface area contributed by atoms with E-state index in [2.05, 4.69) is 22.2 Å². The number of para-hydroxylation sites is 1. The minimum Gasteiger partial charge on any atom is -0.347 e. The minimum absolute atomic E-state index is 0.0322. The van der Waals surface area contributed by atoms with E-state index in [0.29, 0.717) is 0 Å². The largest absolute Gasteiger partial charge is 0.347 e. The number of carbonyl (C=O) groups excluding carboxylic acids is 1. The first-order valence-electron chi connectivity index (χ1n) is 8.08. The molecular formula is C17H22N4OS. The maximum absolute atomic E-state index is 12.8. The number of amides is 2. The van der Waals surface area contributed by atoms with Gasteiger partial charge in [-0.05, 0) is 37.1 Å². The number of aromatic nitrogens is 2. The van der Waals surface area contributed by atoms with Gasteiger partial charge in [0, 0.05) is 23.8 Å². The van der Waals surface area contributed by atoms with Crippen LogP contribution >= 0.6 is 11.8 Å². The molecule has 1 aliphatic heterocycles. The van der Waals surface area contributed by atoms with Crippen molar-refractivity contribution in [2.24, 2.45) is 0 Å². The molecule has 1 aliphatic rings. The molecule has 1 aromatic carbocycles. The number of imidazole rings is 1. The first-order chi connectivity index (χ1) is 11.3. The minimum atomic E-state index is -0.0461. The van der Waals surface area contributed by atoms with Crippen LogP contribution in [0.3, 0.4) is 0 Å². The van der Waals surface area contributed by atoms with E-state index in [-0.39, 0.29) is 12.1 Å². The van der Waals surface area contributed by atoms with Crippen LogP contribution in [0.2, 0.25) is 0 Å². The van der Waals surface area contributed by atoms with Gasteiger partial charge in [0.05, 0.1) is 11.7 Å². The SMILES string of the molecule is CCSc1ccccc1NC(=O)N1CCCC[C@@H]1c1ncc[nH]1. The van der Waals surface area contributed by atoms with E-state index in [1.165, 1.54) is 0 Å². The maximum atomic E-state index is 12.8. The standard InChI is InChI=1S/C17H22N4OS/c1-2-23-15-9-4-3-7-13(15)20-17(22)21-12-6-5-8-14(21)16-18-10-11-19-16/h3-4,7,9-11,14H,2,5-6,8,12H2,1H3,(H,18,19)(H,20,22)/t14-/m1/s1. The molecule has 0 radical (unpaired) electrons. The Labute approximate surface area is 140 Å². The number of nitrogens with one attached hydrogen (secondary N) is 2. The number of H-pyrrole nitrogens is 1. The molecule has 0 bridgehead atoms. The normalized spacial score (nSPS) is 18.0. The first kappa shape index (κ1) is 15.9. The van der Waals surface area contributed by atoms with Crippen LogP contribution < -0.4 is 5.32 Å². The number of benzene rings is 1. The summed E-state index contributed by atoms with van der Waals surface area (Å²) in [7, 11) is 0. The molecule has 5 nitrogen and oxygen atoms in total. The summed E-state index contributed by atoms with van der Waals surface area (Å²) in [4.78, 5) is 23.3. The highest BCUT2D eigenvalue weighted by Gasteiger charge is 2.29. The summed E-state index contributed by atoms with van der Waals surface area (Å²) in [6.45, 7) is 2.88. The monoisotopic (exact) mass is 330 g/mol. The van der Waals surface area contributed by atoms with Crippen LogP contribution in [0.4, 0.5) is 10.5 Å². The molecule has 2 aromatic rings. The lowest BCUT2D eigenvalue weighted by molar-refractivity contribution is 0.160. The smallest absolute Gasteiger partial charge is 0.322 e. The number of anilines is 1. The van der Waals surface area contributed by atoms with Crippen molar-refractivity contribution >= 4 is 23.5 Å². The molecule has 1 saturated heterocycles. The summed E-state index contributed by atoms with van der Waals surface area (Å²) in [5.74, 6) is 1.85. The van der Waals surface area contributed by atoms with Gasteiger partial charge in [-0.3, -0.25) is 0 Å². The zero-order valence-corrected chi connectivity index (χ0v) is 14.1. The van der Waals surface area contributed by atoms with E-state index in [1.807, 2.05) is 35.4 Å². The Kier molecular flexibility index (Phi) is 5.23. The molecule has 122 valence electrons. The Bertz CT molecular complexity index is 644. The van der Waals surface area contributed by atoms with Crippen molar-refractivity contribution in [2.45, 2.75) is 37.1 Å². The van der Waals surface area contributed by atoms with Crippen molar-refractivity contribution in [1.29, 1.82) is 0 Å². The summed E-state index contributed by atoms with van der Waals surface area (Å²) in [6.07, 6.45) is 6.67. The van der Waals surface area contributed by atoms with Gasteiger partial charge in [0.1, 0.15) is 5.82 Å². The number of likely N-dealkylation sites (tertiary alicyclic amines) is 1. The van der Waals surface area contributed by atoms with Gasteiger partial charge in [0.2, 0.25) is 0 Å². The summed E-state index contributed by atoms with van der Waals surface area (Å²) in [5, 5.41) is 3.08. The van der Waals surface area contributed by atoms with E-state index >= 15 is 0 Å². The number of thioether (sulfide) groups is 1. The first-order valence-corrected chi connectivity index (χ1v) is 9.07. The number of piperidine rings is 1. The summed E-state index contributed by atoms with van der Waals surface area (Å²) >= 11 is 1.74. The average Bonchev–Trinajstić information content (AvgIpc) is 3.11. The quantitative estimate of drug-likeness (QED) is 0.823. The van der Waals surface area contributed by atoms with Crippen LogP contribution in [-0.4, -0.2) is 33.2 Å². The molecular weight excluding hydrogens is 308 g/mol. The van der Waals surface area contributed by atoms with E-state index < -0.39 is 0 Å². The third kappa shape index (κ3) is 3.69. The van der Waals surface area contributed by atoms with E-state index in [1.54, 1.807) is 18.0 Å². The fourth-order valence-electron chi connectivity index (χ4n) is 2.96. The van der Waals surface area contributed by atoms with Gasteiger partial charge >= 0.3 is 6.03 Å². The Balaban J connectivity index is 1.76. The van der Waals surface area contributed by atoms with Crippen LogP contribution in [0.5, 0.6) is 0 Å². The summed E-state index contributed by atoms with van der Waals surface area (Å²) in [6, 6.07) is 7.95. The Hall–Kier alpha value is -1.95. The van der Waals surface area contributed by atoms with Crippen molar-refractivity contribution in [3.8, 4) is 0 Å². The number of rotatable bonds is 4. The van der Waals surface area contributed by atoms with Gasteiger partial charge < -0.3 is 15.2 Å². The lowest BCUT2D eigenvalue weighted by Crippen LogP contribution is -2.41. The molecule has 2 heterocycles. The van der Waals surface area contributed by atoms with E-state index in [0.717, 1.165) is 48.0 Å². The summed E-state index contributed by atoms with van der Waals surface area (Å²) < 4.78 is 0.